The zero-order chi connectivity index (χ0) is 5.33. The molecule has 0 aromatic carbocycles. The summed E-state index contributed by atoms with van der Waals surface area (Å²) in [5, 5.41) is 0. The fraction of sp³-hybridized carbons (Fsp3) is 1.00. The Morgan fingerprint density at radius 2 is 1.50 bits per heavy atom. The summed E-state index contributed by atoms with van der Waals surface area (Å²) in [6.45, 7) is 1.13. The van der Waals surface area contributed by atoms with Crippen molar-refractivity contribution in [2.24, 2.45) is 0 Å². The van der Waals surface area contributed by atoms with Gasteiger partial charge in [-0.2, -0.15) is 0 Å². The fourth-order valence-corrected chi connectivity index (χ4v) is 3.68. The molecule has 1 fully saturated rings. The monoisotopic (exact) mass is 296 g/mol. The van der Waals surface area contributed by atoms with Crippen LogP contribution in [-0.2, 0) is 6.20 Å². The minimum absolute atomic E-state index is 0. The molecule has 0 aromatic heterocycles. The average molecular weight is 295 g/mol. The minimum atomic E-state index is -3.05. The molecule has 0 spiro atoms. The first-order valence-electron chi connectivity index (χ1n) is 1.72. The molecule has 52 valence electrons. The van der Waals surface area contributed by atoms with Gasteiger partial charge >= 0.3 is 54.1 Å². The van der Waals surface area contributed by atoms with E-state index in [1.807, 2.05) is 0 Å². The molecule has 0 aromatic rings. The van der Waals surface area contributed by atoms with Crippen molar-refractivity contribution in [3.05, 3.63) is 0 Å². The molecule has 0 aliphatic carbocycles. The molecule has 1 aliphatic rings. The van der Waals surface area contributed by atoms with Crippen LogP contribution in [0.15, 0.2) is 0 Å². The quantitative estimate of drug-likeness (QED) is 0.628. The summed E-state index contributed by atoms with van der Waals surface area (Å²) in [5.41, 5.74) is 0. The SMILES string of the molecule is Cl.Cl[Te]1(Cl)OCCO1. The second-order valence-electron chi connectivity index (χ2n) is 1.02. The molecule has 8 heavy (non-hydrogen) atoms. The van der Waals surface area contributed by atoms with Gasteiger partial charge in [-0.1, -0.05) is 0 Å². The van der Waals surface area contributed by atoms with E-state index in [2.05, 4.69) is 0 Å². The summed E-state index contributed by atoms with van der Waals surface area (Å²) in [7, 11) is 11.0. The van der Waals surface area contributed by atoms with Crippen molar-refractivity contribution >= 4 is 47.1 Å². The van der Waals surface area contributed by atoms with Gasteiger partial charge in [0.05, 0.1) is 0 Å². The molecule has 0 saturated carbocycles. The Balaban J connectivity index is 0.000000490. The van der Waals surface area contributed by atoms with E-state index in [0.29, 0.717) is 13.2 Å². The van der Waals surface area contributed by atoms with E-state index in [4.69, 9.17) is 24.1 Å². The van der Waals surface area contributed by atoms with E-state index in [0.717, 1.165) is 0 Å². The number of hydrogen-bond donors (Lipinski definition) is 0. The third-order valence-corrected chi connectivity index (χ3v) is 5.43. The van der Waals surface area contributed by atoms with E-state index in [9.17, 15) is 0 Å². The molecule has 1 rings (SSSR count). The number of hydrogen-bond acceptors (Lipinski definition) is 2. The van der Waals surface area contributed by atoms with Crippen molar-refractivity contribution in [3.63, 3.8) is 0 Å². The molecule has 0 N–H and O–H groups in total. The molecule has 0 unspecified atom stereocenters. The van der Waals surface area contributed by atoms with Gasteiger partial charge < -0.3 is 0 Å². The normalized spacial score (nSPS) is 28.8. The maximum atomic E-state index is 5.48. The van der Waals surface area contributed by atoms with Crippen LogP contribution in [0.2, 0.25) is 0 Å². The summed E-state index contributed by atoms with van der Waals surface area (Å²) in [6.07, 6.45) is 0. The molecule has 1 aliphatic heterocycles. The fourth-order valence-electron chi connectivity index (χ4n) is 0.296. The Bertz CT molecular complexity index is 69.7. The van der Waals surface area contributed by atoms with Gasteiger partial charge in [0.15, 0.2) is 0 Å². The van der Waals surface area contributed by atoms with Crippen molar-refractivity contribution < 1.29 is 6.20 Å². The molecule has 0 amide bonds. The van der Waals surface area contributed by atoms with Crippen molar-refractivity contribution in [1.82, 2.24) is 0 Å². The van der Waals surface area contributed by atoms with Crippen LogP contribution in [-0.4, -0.2) is 30.0 Å². The Labute approximate surface area is 66.2 Å². The van der Waals surface area contributed by atoms with Crippen LogP contribution in [0, 0.1) is 0 Å². The summed E-state index contributed by atoms with van der Waals surface area (Å²) in [6, 6.07) is 0. The first kappa shape index (κ1) is 9.58. The van der Waals surface area contributed by atoms with Gasteiger partial charge in [-0.15, -0.1) is 12.4 Å². The molecule has 1 heterocycles. The topological polar surface area (TPSA) is 18.5 Å². The van der Waals surface area contributed by atoms with Gasteiger partial charge in [-0.25, -0.2) is 0 Å². The Hall–Kier alpha value is 1.58. The van der Waals surface area contributed by atoms with Gasteiger partial charge in [0.25, 0.3) is 0 Å². The van der Waals surface area contributed by atoms with Crippen LogP contribution in [0.25, 0.3) is 0 Å². The zero-order valence-corrected chi connectivity index (χ0v) is 8.46. The van der Waals surface area contributed by atoms with Gasteiger partial charge in [-0.05, 0) is 0 Å². The molecular formula is C2H5Cl3O2Te. The zero-order valence-electron chi connectivity index (χ0n) is 3.80. The first-order chi connectivity index (χ1) is 3.21. The Kier molecular flexibility index (Phi) is 4.40. The van der Waals surface area contributed by atoms with Crippen molar-refractivity contribution in [1.29, 1.82) is 0 Å². The van der Waals surface area contributed by atoms with Gasteiger partial charge in [-0.3, -0.25) is 0 Å². The molecule has 6 heteroatoms. The summed E-state index contributed by atoms with van der Waals surface area (Å²) in [4.78, 5) is 0. The maximum absolute atomic E-state index is 5.48. The van der Waals surface area contributed by atoms with E-state index in [1.165, 1.54) is 0 Å². The van der Waals surface area contributed by atoms with E-state index < -0.39 is 16.8 Å². The molecule has 1 saturated heterocycles. The summed E-state index contributed by atoms with van der Waals surface area (Å²) >= 11 is -3.05. The second kappa shape index (κ2) is 3.68. The molecule has 0 atom stereocenters. The summed E-state index contributed by atoms with van der Waals surface area (Å²) in [5.74, 6) is 0. The third-order valence-electron chi connectivity index (χ3n) is 0.524. The first-order valence-corrected chi connectivity index (χ1v) is 9.52. The predicted molar refractivity (Wildman–Crippen MR) is 36.6 cm³/mol. The van der Waals surface area contributed by atoms with Crippen molar-refractivity contribution in [3.8, 4) is 0 Å². The van der Waals surface area contributed by atoms with Crippen molar-refractivity contribution in [2.45, 2.75) is 0 Å². The third kappa shape index (κ3) is 2.93. The van der Waals surface area contributed by atoms with Crippen molar-refractivity contribution in [2.75, 3.05) is 13.2 Å². The Morgan fingerprint density at radius 3 is 1.62 bits per heavy atom. The molecule has 0 bridgehead atoms. The van der Waals surface area contributed by atoms with Crippen LogP contribution in [0.5, 0.6) is 0 Å². The van der Waals surface area contributed by atoms with E-state index >= 15 is 0 Å². The standard InChI is InChI=1S/C2H4Cl2O2Te.ClH/c3-7(4)5-1-2-6-7;/h1-2H2;1H. The van der Waals surface area contributed by atoms with E-state index in [-0.39, 0.29) is 12.4 Å². The second-order valence-corrected chi connectivity index (χ2v) is 11.0. The number of halogens is 3. The molecular weight excluding hydrogens is 290 g/mol. The van der Waals surface area contributed by atoms with Crippen LogP contribution in [0.4, 0.5) is 0 Å². The molecule has 2 nitrogen and oxygen atoms in total. The van der Waals surface area contributed by atoms with Gasteiger partial charge in [0.1, 0.15) is 0 Å². The number of rotatable bonds is 0. The van der Waals surface area contributed by atoms with Gasteiger partial charge in [0, 0.05) is 0 Å². The van der Waals surface area contributed by atoms with Crippen LogP contribution < -0.4 is 0 Å². The van der Waals surface area contributed by atoms with Gasteiger partial charge in [0.2, 0.25) is 0 Å². The summed E-state index contributed by atoms with van der Waals surface area (Å²) < 4.78 is 9.68. The van der Waals surface area contributed by atoms with Crippen LogP contribution >= 0.6 is 30.3 Å². The van der Waals surface area contributed by atoms with E-state index in [1.54, 1.807) is 0 Å². The van der Waals surface area contributed by atoms with Crippen LogP contribution in [0.1, 0.15) is 0 Å². The Morgan fingerprint density at radius 1 is 1.12 bits per heavy atom. The average Bonchev–Trinajstić information content (AvgIpc) is 1.84. The predicted octanol–water partition coefficient (Wildman–Crippen LogP) is 1.37. The van der Waals surface area contributed by atoms with Crippen LogP contribution in [0.3, 0.4) is 0 Å². The molecule has 0 radical (unpaired) electrons.